The summed E-state index contributed by atoms with van der Waals surface area (Å²) in [6, 6.07) is 11.5. The van der Waals surface area contributed by atoms with Crippen LogP contribution in [0.15, 0.2) is 36.4 Å². The summed E-state index contributed by atoms with van der Waals surface area (Å²) in [6.07, 6.45) is 0. The molecule has 0 fully saturated rings. The van der Waals surface area contributed by atoms with E-state index in [0.717, 1.165) is 28.4 Å². The number of hydrogen-bond donors (Lipinski definition) is 1. The molecule has 4 heteroatoms. The van der Waals surface area contributed by atoms with Gasteiger partial charge in [0.05, 0.1) is 0 Å². The highest BCUT2D eigenvalue weighted by Crippen LogP contribution is 2.37. The van der Waals surface area contributed by atoms with Crippen molar-refractivity contribution >= 4 is 0 Å². The Bertz CT molecular complexity index is 610. The highest BCUT2D eigenvalue weighted by Gasteiger charge is 2.14. The number of nitrogens with two attached hydrogens (primary N) is 1. The molecule has 2 aromatic rings. The maximum Gasteiger partial charge on any atom is 0.231 e. The first-order chi connectivity index (χ1) is 9.26. The van der Waals surface area contributed by atoms with Crippen LogP contribution in [0.25, 0.3) is 0 Å². The molecule has 19 heavy (non-hydrogen) atoms. The topological polar surface area (TPSA) is 53.7 Å². The van der Waals surface area contributed by atoms with Gasteiger partial charge in [0.25, 0.3) is 0 Å². The van der Waals surface area contributed by atoms with E-state index in [9.17, 15) is 0 Å². The maximum absolute atomic E-state index is 5.86. The Labute approximate surface area is 111 Å². The summed E-state index contributed by atoms with van der Waals surface area (Å²) in [7, 11) is 0. The van der Waals surface area contributed by atoms with Crippen LogP contribution >= 0.6 is 0 Å². The monoisotopic (exact) mass is 257 g/mol. The molecule has 2 aromatic carbocycles. The van der Waals surface area contributed by atoms with Gasteiger partial charge in [0.15, 0.2) is 11.5 Å². The normalized spacial score (nSPS) is 12.5. The lowest BCUT2D eigenvalue weighted by Crippen LogP contribution is -1.97. The Kier molecular flexibility index (Phi) is 3.01. The van der Waals surface area contributed by atoms with Gasteiger partial charge in [-0.1, -0.05) is 12.1 Å². The standard InChI is InChI=1S/C15H15NO3/c1-10-6-11(8-16)2-4-13(10)19-12-3-5-14-15(7-12)18-9-17-14/h2-7H,8-9,16H2,1H3. The van der Waals surface area contributed by atoms with Gasteiger partial charge in [-0.15, -0.1) is 0 Å². The van der Waals surface area contributed by atoms with Crippen LogP contribution < -0.4 is 19.9 Å². The van der Waals surface area contributed by atoms with Gasteiger partial charge in [-0.2, -0.15) is 0 Å². The molecule has 1 aliphatic heterocycles. The maximum atomic E-state index is 5.86. The van der Waals surface area contributed by atoms with Crippen LogP contribution in [-0.4, -0.2) is 6.79 Å². The van der Waals surface area contributed by atoms with Crippen molar-refractivity contribution in [3.05, 3.63) is 47.5 Å². The van der Waals surface area contributed by atoms with E-state index in [2.05, 4.69) is 0 Å². The van der Waals surface area contributed by atoms with Gasteiger partial charge < -0.3 is 19.9 Å². The van der Waals surface area contributed by atoms with Crippen molar-refractivity contribution in [2.24, 2.45) is 5.73 Å². The van der Waals surface area contributed by atoms with Gasteiger partial charge in [-0.25, -0.2) is 0 Å². The Morgan fingerprint density at radius 2 is 1.95 bits per heavy atom. The zero-order valence-corrected chi connectivity index (χ0v) is 10.7. The molecule has 0 saturated carbocycles. The average Bonchev–Trinajstić information content (AvgIpc) is 2.88. The van der Waals surface area contributed by atoms with Gasteiger partial charge in [-0.05, 0) is 36.2 Å². The van der Waals surface area contributed by atoms with Crippen LogP contribution in [0.1, 0.15) is 11.1 Å². The number of hydrogen-bond acceptors (Lipinski definition) is 4. The smallest absolute Gasteiger partial charge is 0.231 e. The fraction of sp³-hybridized carbons (Fsp3) is 0.200. The van der Waals surface area contributed by atoms with Gasteiger partial charge in [-0.3, -0.25) is 0 Å². The molecule has 0 unspecified atom stereocenters. The van der Waals surface area contributed by atoms with Crippen LogP contribution in [0.4, 0.5) is 0 Å². The number of fused-ring (bicyclic) bond motifs is 1. The summed E-state index contributed by atoms with van der Waals surface area (Å²) in [5, 5.41) is 0. The SMILES string of the molecule is Cc1cc(CN)ccc1Oc1ccc2c(c1)OCO2. The summed E-state index contributed by atoms with van der Waals surface area (Å²) in [6.45, 7) is 2.80. The van der Waals surface area contributed by atoms with Gasteiger partial charge in [0.2, 0.25) is 6.79 Å². The van der Waals surface area contributed by atoms with E-state index in [1.807, 2.05) is 43.3 Å². The zero-order chi connectivity index (χ0) is 13.2. The lowest BCUT2D eigenvalue weighted by molar-refractivity contribution is 0.174. The van der Waals surface area contributed by atoms with Gasteiger partial charge >= 0.3 is 0 Å². The van der Waals surface area contributed by atoms with E-state index < -0.39 is 0 Å². The first-order valence-electron chi connectivity index (χ1n) is 6.13. The van der Waals surface area contributed by atoms with E-state index in [0.29, 0.717) is 12.3 Å². The van der Waals surface area contributed by atoms with Crippen molar-refractivity contribution in [2.75, 3.05) is 6.79 Å². The average molecular weight is 257 g/mol. The minimum Gasteiger partial charge on any atom is -0.457 e. The molecular weight excluding hydrogens is 242 g/mol. The zero-order valence-electron chi connectivity index (χ0n) is 10.7. The molecule has 0 saturated heterocycles. The first kappa shape index (κ1) is 11.9. The number of ether oxygens (including phenoxy) is 3. The molecule has 3 rings (SSSR count). The predicted octanol–water partition coefficient (Wildman–Crippen LogP) is 2.97. The molecule has 0 amide bonds. The minimum absolute atomic E-state index is 0.267. The molecule has 4 nitrogen and oxygen atoms in total. The van der Waals surface area contributed by atoms with Crippen molar-refractivity contribution in [1.82, 2.24) is 0 Å². The fourth-order valence-electron chi connectivity index (χ4n) is 2.02. The largest absolute Gasteiger partial charge is 0.457 e. The molecule has 0 aromatic heterocycles. The van der Waals surface area contributed by atoms with Gasteiger partial charge in [0, 0.05) is 12.6 Å². The van der Waals surface area contributed by atoms with E-state index in [1.54, 1.807) is 0 Å². The molecule has 0 atom stereocenters. The highest BCUT2D eigenvalue weighted by atomic mass is 16.7. The Balaban J connectivity index is 1.85. The Morgan fingerprint density at radius 1 is 1.11 bits per heavy atom. The van der Waals surface area contributed by atoms with E-state index in [1.165, 1.54) is 0 Å². The van der Waals surface area contributed by atoms with Crippen LogP contribution in [-0.2, 0) is 6.54 Å². The molecule has 0 bridgehead atoms. The number of aryl methyl sites for hydroxylation is 1. The molecular formula is C15H15NO3. The fourth-order valence-corrected chi connectivity index (χ4v) is 2.02. The third-order valence-corrected chi connectivity index (χ3v) is 3.05. The molecule has 98 valence electrons. The van der Waals surface area contributed by atoms with E-state index in [-0.39, 0.29) is 6.79 Å². The van der Waals surface area contributed by atoms with Crippen LogP contribution in [0.2, 0.25) is 0 Å². The van der Waals surface area contributed by atoms with E-state index >= 15 is 0 Å². The van der Waals surface area contributed by atoms with Crippen molar-refractivity contribution < 1.29 is 14.2 Å². The van der Waals surface area contributed by atoms with Gasteiger partial charge in [0.1, 0.15) is 11.5 Å². The third kappa shape index (κ3) is 2.35. The molecule has 0 spiro atoms. The molecule has 2 N–H and O–H groups in total. The lowest BCUT2D eigenvalue weighted by atomic mass is 10.1. The molecule has 0 radical (unpaired) electrons. The highest BCUT2D eigenvalue weighted by molar-refractivity contribution is 5.48. The van der Waals surface area contributed by atoms with Crippen molar-refractivity contribution in [3.63, 3.8) is 0 Å². The van der Waals surface area contributed by atoms with Crippen LogP contribution in [0, 0.1) is 6.92 Å². The van der Waals surface area contributed by atoms with Crippen LogP contribution in [0.3, 0.4) is 0 Å². The second-order valence-corrected chi connectivity index (χ2v) is 4.42. The van der Waals surface area contributed by atoms with E-state index in [4.69, 9.17) is 19.9 Å². The van der Waals surface area contributed by atoms with Crippen molar-refractivity contribution in [1.29, 1.82) is 0 Å². The predicted molar refractivity (Wildman–Crippen MR) is 71.7 cm³/mol. The summed E-state index contributed by atoms with van der Waals surface area (Å²) in [4.78, 5) is 0. The molecule has 1 aliphatic rings. The summed E-state index contributed by atoms with van der Waals surface area (Å²) in [5.41, 5.74) is 7.76. The molecule has 0 aliphatic carbocycles. The summed E-state index contributed by atoms with van der Waals surface area (Å²) >= 11 is 0. The third-order valence-electron chi connectivity index (χ3n) is 3.05. The molecule has 1 heterocycles. The second kappa shape index (κ2) is 4.82. The Hall–Kier alpha value is -2.20. The number of rotatable bonds is 3. The Morgan fingerprint density at radius 3 is 2.74 bits per heavy atom. The lowest BCUT2D eigenvalue weighted by Gasteiger charge is -2.10. The van der Waals surface area contributed by atoms with Crippen molar-refractivity contribution in [2.45, 2.75) is 13.5 Å². The summed E-state index contributed by atoms with van der Waals surface area (Å²) < 4.78 is 16.4. The van der Waals surface area contributed by atoms with Crippen molar-refractivity contribution in [3.8, 4) is 23.0 Å². The summed E-state index contributed by atoms with van der Waals surface area (Å²) in [5.74, 6) is 3.01. The minimum atomic E-state index is 0.267. The number of benzene rings is 2. The quantitative estimate of drug-likeness (QED) is 0.918. The first-order valence-corrected chi connectivity index (χ1v) is 6.13. The van der Waals surface area contributed by atoms with Crippen LogP contribution in [0.5, 0.6) is 23.0 Å². The second-order valence-electron chi connectivity index (χ2n) is 4.42.